The first-order valence-electron chi connectivity index (χ1n) is 9.54. The number of nitrogens with zero attached hydrogens (tertiary/aromatic N) is 1. The normalized spacial score (nSPS) is 11.0. The van der Waals surface area contributed by atoms with Gasteiger partial charge >= 0.3 is 0 Å². The van der Waals surface area contributed by atoms with Crippen LogP contribution in [0.15, 0.2) is 58.6 Å². The molecule has 0 unspecified atom stereocenters. The van der Waals surface area contributed by atoms with Gasteiger partial charge in [-0.2, -0.15) is 5.26 Å². The minimum Gasteiger partial charge on any atom is -0.493 e. The molecule has 0 saturated carbocycles. The van der Waals surface area contributed by atoms with Crippen LogP contribution in [-0.2, 0) is 11.4 Å². The Morgan fingerprint density at radius 2 is 1.71 bits per heavy atom. The van der Waals surface area contributed by atoms with Crippen molar-refractivity contribution < 1.29 is 14.3 Å². The van der Waals surface area contributed by atoms with E-state index < -0.39 is 5.91 Å². The highest BCUT2D eigenvalue weighted by Gasteiger charge is 2.15. The average molecular weight is 601 g/mol. The summed E-state index contributed by atoms with van der Waals surface area (Å²) >= 11 is 27.4. The molecule has 0 fully saturated rings. The maximum absolute atomic E-state index is 12.6. The molecule has 0 heterocycles. The van der Waals surface area contributed by atoms with Crippen LogP contribution in [0.5, 0.6) is 11.5 Å². The van der Waals surface area contributed by atoms with Crippen molar-refractivity contribution in [2.75, 3.05) is 12.4 Å². The molecule has 5 nitrogen and oxygen atoms in total. The smallest absolute Gasteiger partial charge is 0.266 e. The summed E-state index contributed by atoms with van der Waals surface area (Å²) in [4.78, 5) is 12.6. The maximum Gasteiger partial charge on any atom is 0.266 e. The van der Waals surface area contributed by atoms with Crippen LogP contribution in [0.25, 0.3) is 6.08 Å². The van der Waals surface area contributed by atoms with Crippen LogP contribution in [-0.4, -0.2) is 13.0 Å². The largest absolute Gasteiger partial charge is 0.493 e. The number of rotatable bonds is 7. The van der Waals surface area contributed by atoms with E-state index in [1.165, 1.54) is 19.3 Å². The third-order valence-corrected chi connectivity index (χ3v) is 6.54. The third kappa shape index (κ3) is 6.59. The molecule has 0 aliphatic heterocycles. The number of hydrogen-bond acceptors (Lipinski definition) is 4. The SMILES string of the molecule is COc1cc(/C=C(\C#N)C(=O)Nc2ccc(Cl)c(Cl)c2)cc(Br)c1OCc1ccc(Cl)c(Cl)c1. The Labute approximate surface area is 224 Å². The topological polar surface area (TPSA) is 71.3 Å². The standard InChI is InChI=1S/C24H15BrCl4N2O3/c1-33-22-9-14(6-15(11-30)24(32)31-16-3-5-19(27)21(29)10-16)7-17(25)23(22)34-12-13-2-4-18(26)20(28)8-13/h2-10H,12H2,1H3,(H,31,32)/b15-6+. The van der Waals surface area contributed by atoms with Gasteiger partial charge in [-0.3, -0.25) is 4.79 Å². The van der Waals surface area contributed by atoms with Gasteiger partial charge in [0.1, 0.15) is 18.2 Å². The maximum atomic E-state index is 12.6. The number of nitrogens with one attached hydrogen (secondary N) is 1. The number of hydrogen-bond donors (Lipinski definition) is 1. The number of halogens is 5. The second kappa shape index (κ2) is 11.8. The van der Waals surface area contributed by atoms with Crippen LogP contribution in [0.3, 0.4) is 0 Å². The van der Waals surface area contributed by atoms with E-state index in [0.29, 0.717) is 42.3 Å². The van der Waals surface area contributed by atoms with Crippen LogP contribution in [0.1, 0.15) is 11.1 Å². The van der Waals surface area contributed by atoms with Crippen LogP contribution in [0.2, 0.25) is 20.1 Å². The molecule has 0 aromatic heterocycles. The summed E-state index contributed by atoms with van der Waals surface area (Å²) in [5.74, 6) is 0.253. The molecule has 34 heavy (non-hydrogen) atoms. The number of ether oxygens (including phenoxy) is 2. The molecule has 0 bridgehead atoms. The Balaban J connectivity index is 1.82. The summed E-state index contributed by atoms with van der Waals surface area (Å²) in [6.45, 7) is 0.219. The summed E-state index contributed by atoms with van der Waals surface area (Å²) in [7, 11) is 1.49. The van der Waals surface area contributed by atoms with Gasteiger partial charge in [0.05, 0.1) is 31.7 Å². The first-order chi connectivity index (χ1) is 16.2. The number of carbonyl (C=O) groups is 1. The summed E-state index contributed by atoms with van der Waals surface area (Å²) in [5, 5.41) is 13.7. The second-order valence-corrected chi connectivity index (χ2v) is 9.31. The highest BCUT2D eigenvalue weighted by atomic mass is 79.9. The van der Waals surface area contributed by atoms with Crippen molar-refractivity contribution in [2.45, 2.75) is 6.61 Å². The molecule has 0 aliphatic carbocycles. The molecule has 3 aromatic rings. The Bertz CT molecular complexity index is 1320. The van der Waals surface area contributed by atoms with Crippen molar-refractivity contribution >= 4 is 80.0 Å². The summed E-state index contributed by atoms with van der Waals surface area (Å²) in [6.07, 6.45) is 1.43. The number of carbonyl (C=O) groups excluding carboxylic acids is 1. The van der Waals surface area contributed by atoms with Gasteiger partial charge in [0.15, 0.2) is 11.5 Å². The quantitative estimate of drug-likeness (QED) is 0.219. The fourth-order valence-electron chi connectivity index (χ4n) is 2.84. The van der Waals surface area contributed by atoms with Gasteiger partial charge in [-0.25, -0.2) is 0 Å². The molecule has 3 rings (SSSR count). The van der Waals surface area contributed by atoms with E-state index in [9.17, 15) is 10.1 Å². The molecule has 174 valence electrons. The second-order valence-electron chi connectivity index (χ2n) is 6.82. The van der Waals surface area contributed by atoms with Crippen molar-refractivity contribution in [2.24, 2.45) is 0 Å². The lowest BCUT2D eigenvalue weighted by Gasteiger charge is -2.14. The van der Waals surface area contributed by atoms with Crippen LogP contribution in [0.4, 0.5) is 5.69 Å². The minimum absolute atomic E-state index is 0.121. The predicted molar refractivity (Wildman–Crippen MR) is 140 cm³/mol. The van der Waals surface area contributed by atoms with E-state index in [2.05, 4.69) is 21.2 Å². The van der Waals surface area contributed by atoms with E-state index >= 15 is 0 Å². The van der Waals surface area contributed by atoms with E-state index in [-0.39, 0.29) is 17.2 Å². The van der Waals surface area contributed by atoms with Crippen molar-refractivity contribution in [3.8, 4) is 17.6 Å². The first-order valence-corrected chi connectivity index (χ1v) is 11.8. The fraction of sp³-hybridized carbons (Fsp3) is 0.0833. The predicted octanol–water partition coefficient (Wildman–Crippen LogP) is 8.20. The van der Waals surface area contributed by atoms with Gasteiger partial charge in [0.25, 0.3) is 5.91 Å². The number of nitriles is 1. The molecule has 1 N–H and O–H groups in total. The monoisotopic (exact) mass is 598 g/mol. The molecule has 0 atom stereocenters. The van der Waals surface area contributed by atoms with E-state index in [0.717, 1.165) is 5.56 Å². The number of benzene rings is 3. The average Bonchev–Trinajstić information content (AvgIpc) is 2.80. The Morgan fingerprint density at radius 1 is 1.03 bits per heavy atom. The van der Waals surface area contributed by atoms with Crippen molar-refractivity contribution in [3.05, 3.63) is 89.8 Å². The van der Waals surface area contributed by atoms with Gasteiger partial charge in [-0.1, -0.05) is 52.5 Å². The van der Waals surface area contributed by atoms with Crippen LogP contribution < -0.4 is 14.8 Å². The van der Waals surface area contributed by atoms with Crippen molar-refractivity contribution in [1.29, 1.82) is 5.26 Å². The van der Waals surface area contributed by atoms with Gasteiger partial charge in [0.2, 0.25) is 0 Å². The zero-order valence-electron chi connectivity index (χ0n) is 17.5. The molecular formula is C24H15BrCl4N2O3. The van der Waals surface area contributed by atoms with Crippen molar-refractivity contribution in [3.63, 3.8) is 0 Å². The van der Waals surface area contributed by atoms with Gasteiger partial charge in [0, 0.05) is 5.69 Å². The Hall–Kier alpha value is -2.40. The molecule has 0 saturated heterocycles. The Kier molecular flexibility index (Phi) is 9.12. The van der Waals surface area contributed by atoms with Crippen molar-refractivity contribution in [1.82, 2.24) is 0 Å². The summed E-state index contributed by atoms with van der Waals surface area (Å²) in [5.41, 5.74) is 1.65. The van der Waals surface area contributed by atoms with E-state index in [4.69, 9.17) is 55.9 Å². The van der Waals surface area contributed by atoms with Gasteiger partial charge < -0.3 is 14.8 Å². The highest BCUT2D eigenvalue weighted by molar-refractivity contribution is 9.10. The number of anilines is 1. The summed E-state index contributed by atoms with van der Waals surface area (Å²) in [6, 6.07) is 15.1. The highest BCUT2D eigenvalue weighted by Crippen LogP contribution is 2.38. The van der Waals surface area contributed by atoms with E-state index in [1.54, 1.807) is 42.5 Å². The molecule has 0 aliphatic rings. The fourth-order valence-corrected chi connectivity index (χ4v) is 4.03. The lowest BCUT2D eigenvalue weighted by molar-refractivity contribution is -0.112. The molecule has 10 heteroatoms. The zero-order chi connectivity index (χ0) is 24.8. The molecule has 3 aromatic carbocycles. The number of amides is 1. The minimum atomic E-state index is -0.601. The first kappa shape index (κ1) is 26.2. The number of methoxy groups -OCH3 is 1. The molecule has 1 amide bonds. The third-order valence-electron chi connectivity index (χ3n) is 4.47. The van der Waals surface area contributed by atoms with Crippen LogP contribution in [0, 0.1) is 11.3 Å². The molecule has 0 spiro atoms. The Morgan fingerprint density at radius 3 is 2.32 bits per heavy atom. The van der Waals surface area contributed by atoms with Crippen LogP contribution >= 0.6 is 62.3 Å². The van der Waals surface area contributed by atoms with Gasteiger partial charge in [-0.15, -0.1) is 0 Å². The lowest BCUT2D eigenvalue weighted by Crippen LogP contribution is -2.13. The lowest BCUT2D eigenvalue weighted by atomic mass is 10.1. The molecule has 0 radical (unpaired) electrons. The molecular weight excluding hydrogens is 586 g/mol. The zero-order valence-corrected chi connectivity index (χ0v) is 22.1. The van der Waals surface area contributed by atoms with E-state index in [1.807, 2.05) is 6.07 Å². The van der Waals surface area contributed by atoms with Gasteiger partial charge in [-0.05, 0) is 75.6 Å². The summed E-state index contributed by atoms with van der Waals surface area (Å²) < 4.78 is 11.9.